The molecule has 0 heterocycles. The summed E-state index contributed by atoms with van der Waals surface area (Å²) in [6.45, 7) is 2.76. The molecule has 0 saturated heterocycles. The van der Waals surface area contributed by atoms with Gasteiger partial charge in [0.1, 0.15) is 49.3 Å². The largest absolute Gasteiger partial charge is 0.481 e. The number of phosphoric acid groups is 1. The van der Waals surface area contributed by atoms with E-state index in [9.17, 15) is 54.5 Å². The van der Waals surface area contributed by atoms with Gasteiger partial charge < -0.3 is 55.8 Å². The molecule has 1 fully saturated rings. The minimum Gasteiger partial charge on any atom is -0.481 e. The minimum absolute atomic E-state index is 0.0169. The number of carbonyl (C=O) groups excluding carboxylic acids is 2. The molecule has 0 aromatic rings. The van der Waals surface area contributed by atoms with E-state index in [0.29, 0.717) is 12.8 Å². The molecule has 0 bridgehead atoms. The van der Waals surface area contributed by atoms with Gasteiger partial charge in [0.25, 0.3) is 0 Å². The van der Waals surface area contributed by atoms with Crippen molar-refractivity contribution in [2.24, 2.45) is 5.73 Å². The molecular weight excluding hydrogens is 958 g/mol. The summed E-state index contributed by atoms with van der Waals surface area (Å²) in [6, 6.07) is -1.35. The molecular formula is C52H84NO16PS. The molecule has 0 aromatic heterocycles. The molecule has 0 aliphatic heterocycles. The van der Waals surface area contributed by atoms with Gasteiger partial charge in [-0.1, -0.05) is 137 Å². The summed E-state index contributed by atoms with van der Waals surface area (Å²) in [5.74, 6) is -2.84. The third kappa shape index (κ3) is 32.3. The van der Waals surface area contributed by atoms with Crippen LogP contribution in [0.4, 0.5) is 0 Å². The highest BCUT2D eigenvalue weighted by atomic mass is 32.2. The Bertz CT molecular complexity index is 1730. The Labute approximate surface area is 425 Å². The average Bonchev–Trinajstić information content (AvgIpc) is 3.34. The van der Waals surface area contributed by atoms with Gasteiger partial charge in [-0.2, -0.15) is 0 Å². The molecule has 1 aliphatic rings. The standard InChI is InChI=1S/C52H84NO16PS/c1-3-5-7-9-11-13-15-17-18-19-20-21-23-25-27-29-31-36-45(57)66-37-40(38-67-70(64,65)69-51-49(61)47(59)46(58)48(60)50(51)62)68-52(63)41(53)39-71-43(42(54)33-32-35-44(55)56)34-30-28-26-24-22-16-14-12-10-8-6-4-2/h11-14,17-18,20-22,24-28,30,34,40-43,46-51,54,58-62H,3-10,15-16,19,23,29,31-33,35-39,53H2,1-2H3,(H,55,56)(H,64,65)/b13-11-,14-12-,18-17-,21-20-,24-22-,27-25-,28-26+,34-30+/t40-,41+,42+,43-,46?,47-,48+,49-,50-,51?/m1/s1. The number of carbonyl (C=O) groups is 3. The van der Waals surface area contributed by atoms with Crippen molar-refractivity contribution < 1.29 is 78.1 Å². The summed E-state index contributed by atoms with van der Waals surface area (Å²) in [4.78, 5) is 47.7. The maximum Gasteiger partial charge on any atom is 0.472 e. The second kappa shape index (κ2) is 40.9. The number of carboxylic acids is 1. The number of allylic oxidation sites excluding steroid dienone is 15. The molecule has 19 heteroatoms. The van der Waals surface area contributed by atoms with Crippen LogP contribution in [0.3, 0.4) is 0 Å². The maximum absolute atomic E-state index is 13.3. The number of ether oxygens (including phenoxy) is 2. The predicted molar refractivity (Wildman–Crippen MR) is 277 cm³/mol. The smallest absolute Gasteiger partial charge is 0.472 e. The highest BCUT2D eigenvalue weighted by molar-refractivity contribution is 8.00. The van der Waals surface area contributed by atoms with Gasteiger partial charge >= 0.3 is 25.7 Å². The maximum atomic E-state index is 13.3. The van der Waals surface area contributed by atoms with Crippen LogP contribution in [0.15, 0.2) is 97.2 Å². The van der Waals surface area contributed by atoms with Gasteiger partial charge in [0, 0.05) is 23.8 Å². The van der Waals surface area contributed by atoms with Crippen LogP contribution in [0.25, 0.3) is 0 Å². The third-order valence-corrected chi connectivity index (χ3v) is 13.3. The molecule has 71 heavy (non-hydrogen) atoms. The normalized spacial score (nSPS) is 22.7. The molecule has 404 valence electrons. The third-order valence-electron chi connectivity index (χ3n) is 10.9. The highest BCUT2D eigenvalue weighted by Gasteiger charge is 2.51. The van der Waals surface area contributed by atoms with Crippen molar-refractivity contribution in [3.63, 3.8) is 0 Å². The molecule has 17 nitrogen and oxygen atoms in total. The molecule has 1 saturated carbocycles. The fourth-order valence-corrected chi connectivity index (χ4v) is 8.80. The Morgan fingerprint density at radius 3 is 1.70 bits per heavy atom. The molecule has 3 unspecified atom stereocenters. The number of phosphoric ester groups is 1. The van der Waals surface area contributed by atoms with Crippen LogP contribution in [-0.2, 0) is 37.5 Å². The summed E-state index contributed by atoms with van der Waals surface area (Å²) in [5.41, 5.74) is 6.20. The number of esters is 2. The van der Waals surface area contributed by atoms with Gasteiger partial charge in [0.05, 0.1) is 12.7 Å². The monoisotopic (exact) mass is 1040 g/mol. The number of thioether (sulfide) groups is 1. The Hall–Kier alpha value is -3.49. The van der Waals surface area contributed by atoms with Gasteiger partial charge in [-0.05, 0) is 77.0 Å². The van der Waals surface area contributed by atoms with E-state index in [1.165, 1.54) is 32.1 Å². The number of rotatable bonds is 40. The van der Waals surface area contributed by atoms with Crippen LogP contribution in [0.2, 0.25) is 0 Å². The van der Waals surface area contributed by atoms with E-state index >= 15 is 0 Å². The van der Waals surface area contributed by atoms with Crippen LogP contribution in [0.5, 0.6) is 0 Å². The Morgan fingerprint density at radius 1 is 0.648 bits per heavy atom. The molecule has 1 aliphatic carbocycles. The fraction of sp³-hybridized carbons (Fsp3) is 0.635. The summed E-state index contributed by atoms with van der Waals surface area (Å²) in [6.07, 6.45) is 30.6. The zero-order valence-electron chi connectivity index (χ0n) is 41.6. The SMILES string of the molecule is CCCCC/C=C\C\C=C/C=C/C=C/[C@@H](SC[C@H](N)C(=O)O[C@H](COC(=O)CCC/C=C\C/C=C\C/C=C\C/C=C\CCCCC)COP(=O)(O)OC1[C@H](O)[C@H](O)C(O)[C@H](O)[C@H]1O)[C@@H](O)CCCC(=O)O. The lowest BCUT2D eigenvalue weighted by Gasteiger charge is -2.41. The first-order chi connectivity index (χ1) is 34.0. The van der Waals surface area contributed by atoms with E-state index in [-0.39, 0.29) is 31.4 Å². The number of aliphatic carboxylic acids is 1. The number of nitrogens with two attached hydrogens (primary N) is 1. The second-order valence-corrected chi connectivity index (χ2v) is 19.8. The minimum atomic E-state index is -5.30. The Balaban J connectivity index is 2.93. The lowest BCUT2D eigenvalue weighted by atomic mass is 9.85. The van der Waals surface area contributed by atoms with E-state index in [0.717, 1.165) is 56.7 Å². The van der Waals surface area contributed by atoms with Crippen LogP contribution in [0.1, 0.15) is 129 Å². The van der Waals surface area contributed by atoms with Crippen LogP contribution in [0, 0.1) is 0 Å². The number of unbranched alkanes of at least 4 members (excludes halogenated alkanes) is 7. The quantitative estimate of drug-likeness (QED) is 0.00968. The van der Waals surface area contributed by atoms with Gasteiger partial charge in [-0.3, -0.25) is 23.4 Å². The molecule has 10 N–H and O–H groups in total. The number of hydrogen-bond acceptors (Lipinski definition) is 16. The highest BCUT2D eigenvalue weighted by Crippen LogP contribution is 2.47. The van der Waals surface area contributed by atoms with Crippen LogP contribution < -0.4 is 5.73 Å². The van der Waals surface area contributed by atoms with Crippen LogP contribution >= 0.6 is 19.6 Å². The van der Waals surface area contributed by atoms with Crippen molar-refractivity contribution in [3.8, 4) is 0 Å². The zero-order chi connectivity index (χ0) is 52.7. The van der Waals surface area contributed by atoms with Gasteiger partial charge in [0.15, 0.2) is 6.10 Å². The van der Waals surface area contributed by atoms with Crippen molar-refractivity contribution in [1.29, 1.82) is 0 Å². The van der Waals surface area contributed by atoms with E-state index in [1.807, 2.05) is 30.4 Å². The van der Waals surface area contributed by atoms with E-state index in [2.05, 4.69) is 62.5 Å². The summed E-state index contributed by atoms with van der Waals surface area (Å²) in [5, 5.41) is 70.0. The Kier molecular flexibility index (Phi) is 37.8. The number of aliphatic hydroxyl groups excluding tert-OH is 6. The molecule has 0 radical (unpaired) electrons. The topological polar surface area (TPSA) is 293 Å². The lowest BCUT2D eigenvalue weighted by molar-refractivity contribution is -0.220. The first-order valence-electron chi connectivity index (χ1n) is 25.0. The predicted octanol–water partition coefficient (Wildman–Crippen LogP) is 7.15. The van der Waals surface area contributed by atoms with Crippen LogP contribution in [-0.4, -0.2) is 138 Å². The van der Waals surface area contributed by atoms with Crippen molar-refractivity contribution in [1.82, 2.24) is 0 Å². The zero-order valence-corrected chi connectivity index (χ0v) is 43.3. The van der Waals surface area contributed by atoms with Crippen molar-refractivity contribution >= 4 is 37.5 Å². The van der Waals surface area contributed by atoms with E-state index in [1.54, 1.807) is 18.2 Å². The summed E-state index contributed by atoms with van der Waals surface area (Å²) in [7, 11) is -5.30. The van der Waals surface area contributed by atoms with Crippen molar-refractivity contribution in [3.05, 3.63) is 97.2 Å². The number of aliphatic hydroxyl groups is 6. The molecule has 0 amide bonds. The Morgan fingerprint density at radius 2 is 1.15 bits per heavy atom. The van der Waals surface area contributed by atoms with Gasteiger partial charge in [0.2, 0.25) is 0 Å². The lowest BCUT2D eigenvalue weighted by Crippen LogP contribution is -2.64. The van der Waals surface area contributed by atoms with Crippen molar-refractivity contribution in [2.75, 3.05) is 19.0 Å². The van der Waals surface area contributed by atoms with E-state index < -0.39 is 99.1 Å². The molecule has 1 rings (SSSR count). The average molecular weight is 1040 g/mol. The molecule has 0 spiro atoms. The van der Waals surface area contributed by atoms with Gasteiger partial charge in [-0.15, -0.1) is 11.8 Å². The fourth-order valence-electron chi connectivity index (χ4n) is 6.70. The second-order valence-electron chi connectivity index (χ2n) is 17.2. The summed E-state index contributed by atoms with van der Waals surface area (Å²) >= 11 is 1.10. The molecule has 0 aromatic carbocycles. The molecule has 11 atom stereocenters. The summed E-state index contributed by atoms with van der Waals surface area (Å²) < 4.78 is 33.6. The van der Waals surface area contributed by atoms with Crippen molar-refractivity contribution in [2.45, 2.75) is 190 Å². The first-order valence-corrected chi connectivity index (χ1v) is 27.5. The number of carboxylic acid groups (broad SMARTS) is 1. The number of hydrogen-bond donors (Lipinski definition) is 9. The van der Waals surface area contributed by atoms with E-state index in [4.69, 9.17) is 29.4 Å². The first kappa shape index (κ1) is 65.5. The van der Waals surface area contributed by atoms with Gasteiger partial charge in [-0.25, -0.2) is 4.57 Å².